The largest absolute Gasteiger partial charge is 0.492 e. The van der Waals surface area contributed by atoms with Gasteiger partial charge in [0.05, 0.1) is 24.6 Å². The number of carbonyl (C=O) groups is 1. The molecule has 7 heteroatoms. The van der Waals surface area contributed by atoms with Gasteiger partial charge in [-0.2, -0.15) is 0 Å². The quantitative estimate of drug-likeness (QED) is 0.681. The number of H-pyrrole nitrogens is 2. The van der Waals surface area contributed by atoms with Gasteiger partial charge in [0.2, 0.25) is 5.91 Å². The zero-order chi connectivity index (χ0) is 18.5. The molecule has 0 fully saturated rings. The lowest BCUT2D eigenvalue weighted by Crippen LogP contribution is -2.38. The molecule has 5 rings (SSSR count). The number of nitrogens with zero attached hydrogens (tertiary/aromatic N) is 1. The standard InChI is InChI=1S/C20H17N3O4/c24-18-15-8-23(9-16(15)21-20(26)22-18)19(25)12-7-14-13-4-2-1-3-11(13)5-6-17(14)27-10-12/h1-6,12H,7-10H2,(H2,21,22,24,26). The van der Waals surface area contributed by atoms with Gasteiger partial charge in [-0.15, -0.1) is 0 Å². The summed E-state index contributed by atoms with van der Waals surface area (Å²) >= 11 is 0. The van der Waals surface area contributed by atoms with Gasteiger partial charge in [-0.25, -0.2) is 4.79 Å². The third kappa shape index (κ3) is 2.54. The van der Waals surface area contributed by atoms with E-state index in [1.54, 1.807) is 4.90 Å². The zero-order valence-electron chi connectivity index (χ0n) is 14.5. The van der Waals surface area contributed by atoms with E-state index in [2.05, 4.69) is 9.97 Å². The highest BCUT2D eigenvalue weighted by atomic mass is 16.5. The minimum atomic E-state index is -0.547. The Morgan fingerprint density at radius 3 is 2.78 bits per heavy atom. The lowest BCUT2D eigenvalue weighted by atomic mass is 9.91. The molecule has 0 aliphatic carbocycles. The normalized spacial score (nSPS) is 18.1. The number of hydrogen-bond acceptors (Lipinski definition) is 4. The van der Waals surface area contributed by atoms with Gasteiger partial charge in [-0.1, -0.05) is 30.3 Å². The van der Waals surface area contributed by atoms with Crippen LogP contribution in [0.3, 0.4) is 0 Å². The van der Waals surface area contributed by atoms with Gasteiger partial charge in [0.1, 0.15) is 12.4 Å². The fourth-order valence-corrected chi connectivity index (χ4v) is 4.03. The summed E-state index contributed by atoms with van der Waals surface area (Å²) in [5.74, 6) is 0.441. The molecule has 1 unspecified atom stereocenters. The first-order valence-corrected chi connectivity index (χ1v) is 8.87. The molecule has 0 radical (unpaired) electrons. The topological polar surface area (TPSA) is 95.3 Å². The smallest absolute Gasteiger partial charge is 0.325 e. The summed E-state index contributed by atoms with van der Waals surface area (Å²) in [4.78, 5) is 42.9. The molecule has 0 spiro atoms. The Morgan fingerprint density at radius 1 is 1.04 bits per heavy atom. The van der Waals surface area contributed by atoms with Crippen LogP contribution in [0.2, 0.25) is 0 Å². The number of nitrogens with one attached hydrogen (secondary N) is 2. The maximum absolute atomic E-state index is 13.1. The van der Waals surface area contributed by atoms with E-state index in [1.165, 1.54) is 0 Å². The Labute approximate surface area is 153 Å². The minimum absolute atomic E-state index is 0.0648. The highest BCUT2D eigenvalue weighted by Crippen LogP contribution is 2.35. The van der Waals surface area contributed by atoms with E-state index in [9.17, 15) is 14.4 Å². The van der Waals surface area contributed by atoms with Crippen LogP contribution in [0.25, 0.3) is 10.8 Å². The second kappa shape index (κ2) is 5.84. The second-order valence-electron chi connectivity index (χ2n) is 7.04. The molecule has 1 aromatic heterocycles. The first-order valence-electron chi connectivity index (χ1n) is 8.87. The molecular formula is C20H17N3O4. The zero-order valence-corrected chi connectivity index (χ0v) is 14.5. The predicted molar refractivity (Wildman–Crippen MR) is 98.6 cm³/mol. The number of rotatable bonds is 1. The van der Waals surface area contributed by atoms with Gasteiger partial charge in [-0.05, 0) is 23.3 Å². The van der Waals surface area contributed by atoms with Gasteiger partial charge in [0, 0.05) is 11.3 Å². The molecule has 2 aliphatic rings. The minimum Gasteiger partial charge on any atom is -0.492 e. The van der Waals surface area contributed by atoms with Gasteiger partial charge in [0.15, 0.2) is 0 Å². The maximum atomic E-state index is 13.1. The maximum Gasteiger partial charge on any atom is 0.325 e. The van der Waals surface area contributed by atoms with Crippen LogP contribution < -0.4 is 16.0 Å². The van der Waals surface area contributed by atoms with Crippen LogP contribution in [0.5, 0.6) is 5.75 Å². The summed E-state index contributed by atoms with van der Waals surface area (Å²) in [6, 6.07) is 12.0. The second-order valence-corrected chi connectivity index (χ2v) is 7.04. The molecule has 0 saturated heterocycles. The van der Waals surface area contributed by atoms with Crippen molar-refractivity contribution < 1.29 is 9.53 Å². The molecule has 0 saturated carbocycles. The SMILES string of the molecule is O=C(C1COc2ccc3ccccc3c2C1)N1Cc2[nH]c(=O)[nH]c(=O)c2C1. The van der Waals surface area contributed by atoms with Crippen LogP contribution in [0.4, 0.5) is 0 Å². The average molecular weight is 363 g/mol. The Kier molecular flexibility index (Phi) is 3.43. The van der Waals surface area contributed by atoms with Crippen LogP contribution in [-0.4, -0.2) is 27.4 Å². The fraction of sp³-hybridized carbons (Fsp3) is 0.250. The first kappa shape index (κ1) is 15.9. The molecule has 2 aromatic carbocycles. The molecule has 136 valence electrons. The van der Waals surface area contributed by atoms with E-state index in [0.29, 0.717) is 24.3 Å². The van der Waals surface area contributed by atoms with E-state index in [-0.39, 0.29) is 24.9 Å². The third-order valence-corrected chi connectivity index (χ3v) is 5.38. The van der Waals surface area contributed by atoms with Crippen molar-refractivity contribution in [3.63, 3.8) is 0 Å². The third-order valence-electron chi connectivity index (χ3n) is 5.38. The Morgan fingerprint density at radius 2 is 1.89 bits per heavy atom. The number of benzene rings is 2. The molecular weight excluding hydrogens is 346 g/mol. The van der Waals surface area contributed by atoms with Crippen LogP contribution in [0.1, 0.15) is 16.8 Å². The van der Waals surface area contributed by atoms with Crippen molar-refractivity contribution in [1.82, 2.24) is 14.9 Å². The summed E-state index contributed by atoms with van der Waals surface area (Å²) in [5, 5.41) is 2.21. The number of fused-ring (bicyclic) bond motifs is 4. The Hall–Kier alpha value is -3.35. The lowest BCUT2D eigenvalue weighted by molar-refractivity contribution is -0.137. The fourth-order valence-electron chi connectivity index (χ4n) is 4.03. The summed E-state index contributed by atoms with van der Waals surface area (Å²) in [6.45, 7) is 0.759. The molecule has 7 nitrogen and oxygen atoms in total. The van der Waals surface area contributed by atoms with Crippen LogP contribution in [0, 0.1) is 5.92 Å². The predicted octanol–water partition coefficient (Wildman–Crippen LogP) is 1.31. The number of hydrogen-bond donors (Lipinski definition) is 2. The van der Waals surface area contributed by atoms with Gasteiger partial charge in [-0.3, -0.25) is 14.6 Å². The van der Waals surface area contributed by atoms with Crippen LogP contribution >= 0.6 is 0 Å². The molecule has 2 aliphatic heterocycles. The van der Waals surface area contributed by atoms with E-state index in [1.807, 2.05) is 36.4 Å². The highest BCUT2D eigenvalue weighted by molar-refractivity contribution is 5.89. The van der Waals surface area contributed by atoms with Gasteiger partial charge in [0.25, 0.3) is 5.56 Å². The number of aromatic nitrogens is 2. The van der Waals surface area contributed by atoms with Gasteiger partial charge < -0.3 is 14.6 Å². The van der Waals surface area contributed by atoms with Crippen molar-refractivity contribution in [3.05, 3.63) is 74.1 Å². The molecule has 3 aromatic rings. The first-order chi connectivity index (χ1) is 13.1. The van der Waals surface area contributed by atoms with E-state index in [0.717, 1.165) is 22.1 Å². The number of carbonyl (C=O) groups excluding carboxylic acids is 1. The number of ether oxygens (including phenoxy) is 1. The molecule has 27 heavy (non-hydrogen) atoms. The van der Waals surface area contributed by atoms with Crippen molar-refractivity contribution in [2.24, 2.45) is 5.92 Å². The lowest BCUT2D eigenvalue weighted by Gasteiger charge is -2.28. The van der Waals surface area contributed by atoms with E-state index in [4.69, 9.17) is 4.74 Å². The Bertz CT molecular complexity index is 1190. The number of aromatic amines is 2. The highest BCUT2D eigenvalue weighted by Gasteiger charge is 2.34. The van der Waals surface area contributed by atoms with Crippen molar-refractivity contribution in [1.29, 1.82) is 0 Å². The van der Waals surface area contributed by atoms with Crippen LogP contribution in [-0.2, 0) is 24.3 Å². The molecule has 1 atom stereocenters. The average Bonchev–Trinajstić information content (AvgIpc) is 3.11. The number of amides is 1. The molecule has 1 amide bonds. The van der Waals surface area contributed by atoms with E-state index < -0.39 is 11.2 Å². The van der Waals surface area contributed by atoms with Crippen molar-refractivity contribution in [3.8, 4) is 5.75 Å². The summed E-state index contributed by atoms with van der Waals surface area (Å²) in [6.07, 6.45) is 0.593. The van der Waals surface area contributed by atoms with Crippen molar-refractivity contribution in [2.75, 3.05) is 6.61 Å². The Balaban J connectivity index is 1.43. The molecule has 0 bridgehead atoms. The molecule has 3 heterocycles. The summed E-state index contributed by atoms with van der Waals surface area (Å²) < 4.78 is 5.87. The molecule has 2 N–H and O–H groups in total. The van der Waals surface area contributed by atoms with E-state index >= 15 is 0 Å². The monoisotopic (exact) mass is 363 g/mol. The van der Waals surface area contributed by atoms with Crippen molar-refractivity contribution >= 4 is 16.7 Å². The van der Waals surface area contributed by atoms with Gasteiger partial charge >= 0.3 is 5.69 Å². The summed E-state index contributed by atoms with van der Waals surface area (Å²) in [7, 11) is 0. The summed E-state index contributed by atoms with van der Waals surface area (Å²) in [5.41, 5.74) is 1.03. The van der Waals surface area contributed by atoms with Crippen LogP contribution in [0.15, 0.2) is 46.0 Å². The van der Waals surface area contributed by atoms with Crippen molar-refractivity contribution in [2.45, 2.75) is 19.5 Å².